The summed E-state index contributed by atoms with van der Waals surface area (Å²) < 4.78 is 5.72. The van der Waals surface area contributed by atoms with E-state index in [1.807, 2.05) is 0 Å². The minimum atomic E-state index is 0.215. The Kier molecular flexibility index (Phi) is 6.07. The molecule has 0 aliphatic carbocycles. The molecule has 2 rings (SSSR count). The van der Waals surface area contributed by atoms with Gasteiger partial charge >= 0.3 is 0 Å². The zero-order chi connectivity index (χ0) is 15.2. The van der Waals surface area contributed by atoms with E-state index in [0.717, 1.165) is 12.3 Å². The van der Waals surface area contributed by atoms with E-state index in [9.17, 15) is 0 Å². The van der Waals surface area contributed by atoms with Gasteiger partial charge in [-0.05, 0) is 57.9 Å². The van der Waals surface area contributed by atoms with Gasteiger partial charge in [-0.1, -0.05) is 25.0 Å². The second-order valence-corrected chi connectivity index (χ2v) is 6.42. The number of rotatable bonds is 5. The van der Waals surface area contributed by atoms with E-state index < -0.39 is 0 Å². The third kappa shape index (κ3) is 4.45. The van der Waals surface area contributed by atoms with Crippen LogP contribution in [0.15, 0.2) is 24.3 Å². The predicted molar refractivity (Wildman–Crippen MR) is 88.6 cm³/mol. The zero-order valence-electron chi connectivity index (χ0n) is 13.7. The van der Waals surface area contributed by atoms with Crippen LogP contribution in [-0.4, -0.2) is 30.1 Å². The van der Waals surface area contributed by atoms with Gasteiger partial charge in [0.2, 0.25) is 0 Å². The van der Waals surface area contributed by atoms with Gasteiger partial charge in [-0.25, -0.2) is 0 Å². The van der Waals surface area contributed by atoms with Crippen LogP contribution in [0.5, 0.6) is 5.75 Å². The molecule has 0 radical (unpaired) electrons. The van der Waals surface area contributed by atoms with Crippen LogP contribution in [0.4, 0.5) is 0 Å². The van der Waals surface area contributed by atoms with Crippen LogP contribution in [0.25, 0.3) is 0 Å². The van der Waals surface area contributed by atoms with Gasteiger partial charge < -0.3 is 10.5 Å². The lowest BCUT2D eigenvalue weighted by molar-refractivity contribution is 0.150. The summed E-state index contributed by atoms with van der Waals surface area (Å²) in [4.78, 5) is 2.59. The Bertz CT molecular complexity index is 416. The molecule has 0 saturated carbocycles. The molecule has 0 bridgehead atoms. The normalized spacial score (nSPS) is 22.0. The fourth-order valence-electron chi connectivity index (χ4n) is 3.26. The van der Waals surface area contributed by atoms with E-state index in [2.05, 4.69) is 49.9 Å². The summed E-state index contributed by atoms with van der Waals surface area (Å²) in [5.41, 5.74) is 7.40. The maximum absolute atomic E-state index is 6.09. The van der Waals surface area contributed by atoms with E-state index in [1.165, 1.54) is 31.2 Å². The molecule has 1 aliphatic rings. The van der Waals surface area contributed by atoms with Gasteiger partial charge in [0.25, 0.3) is 0 Å². The molecule has 2 N–H and O–H groups in total. The van der Waals surface area contributed by atoms with Crippen LogP contribution >= 0.6 is 0 Å². The van der Waals surface area contributed by atoms with Crippen molar-refractivity contribution in [1.82, 2.24) is 4.90 Å². The highest BCUT2D eigenvalue weighted by Gasteiger charge is 2.25. The second kappa shape index (κ2) is 7.81. The average Bonchev–Trinajstić information content (AvgIpc) is 2.66. The van der Waals surface area contributed by atoms with Crippen LogP contribution in [0.2, 0.25) is 0 Å². The van der Waals surface area contributed by atoms with E-state index in [1.54, 1.807) is 0 Å². The van der Waals surface area contributed by atoms with Crippen molar-refractivity contribution in [2.45, 2.75) is 64.6 Å². The van der Waals surface area contributed by atoms with Crippen LogP contribution < -0.4 is 10.5 Å². The van der Waals surface area contributed by atoms with Gasteiger partial charge in [-0.2, -0.15) is 0 Å². The average molecular weight is 290 g/mol. The Labute approximate surface area is 129 Å². The molecule has 2 atom stereocenters. The fraction of sp³-hybridized carbons (Fsp3) is 0.667. The molecule has 21 heavy (non-hydrogen) atoms. The molecule has 3 heteroatoms. The first-order valence-corrected chi connectivity index (χ1v) is 8.34. The summed E-state index contributed by atoms with van der Waals surface area (Å²) >= 11 is 0. The van der Waals surface area contributed by atoms with E-state index >= 15 is 0 Å². The van der Waals surface area contributed by atoms with Crippen molar-refractivity contribution in [3.8, 4) is 5.75 Å². The maximum Gasteiger partial charge on any atom is 0.119 e. The summed E-state index contributed by atoms with van der Waals surface area (Å²) in [5, 5.41) is 0. The second-order valence-electron chi connectivity index (χ2n) is 6.42. The lowest BCUT2D eigenvalue weighted by Crippen LogP contribution is -2.39. The summed E-state index contributed by atoms with van der Waals surface area (Å²) in [6.07, 6.45) is 5.47. The number of nitrogens with two attached hydrogens (primary N) is 1. The molecule has 3 nitrogen and oxygen atoms in total. The first kappa shape index (κ1) is 16.3. The van der Waals surface area contributed by atoms with Gasteiger partial charge in [-0.3, -0.25) is 4.90 Å². The SMILES string of the molecule is CC(C)Oc1ccc(C(CN)N2CCCCCC2C)cc1. The minimum absolute atomic E-state index is 0.215. The molecule has 1 fully saturated rings. The van der Waals surface area contributed by atoms with Crippen molar-refractivity contribution >= 4 is 0 Å². The lowest BCUT2D eigenvalue weighted by Gasteiger charge is -2.35. The monoisotopic (exact) mass is 290 g/mol. The lowest BCUT2D eigenvalue weighted by atomic mass is 10.0. The van der Waals surface area contributed by atoms with Crippen LogP contribution in [0.1, 0.15) is 58.1 Å². The predicted octanol–water partition coefficient (Wildman–Crippen LogP) is 3.74. The van der Waals surface area contributed by atoms with Crippen molar-refractivity contribution in [2.75, 3.05) is 13.1 Å². The van der Waals surface area contributed by atoms with Crippen molar-refractivity contribution in [3.63, 3.8) is 0 Å². The molecule has 1 aromatic carbocycles. The van der Waals surface area contributed by atoms with Crippen molar-refractivity contribution in [3.05, 3.63) is 29.8 Å². The highest BCUT2D eigenvalue weighted by Crippen LogP contribution is 2.28. The maximum atomic E-state index is 6.09. The number of ether oxygens (including phenoxy) is 1. The van der Waals surface area contributed by atoms with Gasteiger partial charge in [0.1, 0.15) is 5.75 Å². The molecule has 0 spiro atoms. The highest BCUT2D eigenvalue weighted by atomic mass is 16.5. The smallest absolute Gasteiger partial charge is 0.119 e. The van der Waals surface area contributed by atoms with Crippen molar-refractivity contribution < 1.29 is 4.74 Å². The number of likely N-dealkylation sites (tertiary alicyclic amines) is 1. The summed E-state index contributed by atoms with van der Waals surface area (Å²) in [6.45, 7) is 8.28. The molecular weight excluding hydrogens is 260 g/mol. The van der Waals surface area contributed by atoms with Crippen molar-refractivity contribution in [1.29, 1.82) is 0 Å². The molecular formula is C18H30N2O. The van der Waals surface area contributed by atoms with Crippen LogP contribution in [0, 0.1) is 0 Å². The van der Waals surface area contributed by atoms with Crippen molar-refractivity contribution in [2.24, 2.45) is 5.73 Å². The zero-order valence-corrected chi connectivity index (χ0v) is 13.7. The summed E-state index contributed by atoms with van der Waals surface area (Å²) in [5.74, 6) is 0.938. The first-order chi connectivity index (χ1) is 10.1. The third-order valence-electron chi connectivity index (χ3n) is 4.36. The Balaban J connectivity index is 2.12. The number of benzene rings is 1. The highest BCUT2D eigenvalue weighted by molar-refractivity contribution is 5.29. The van der Waals surface area contributed by atoms with Gasteiger partial charge in [-0.15, -0.1) is 0 Å². The number of hydrogen-bond donors (Lipinski definition) is 1. The van der Waals surface area contributed by atoms with Gasteiger partial charge in [0.05, 0.1) is 6.10 Å². The number of nitrogens with zero attached hydrogens (tertiary/aromatic N) is 1. The summed E-state index contributed by atoms with van der Waals surface area (Å²) in [6, 6.07) is 9.43. The van der Waals surface area contributed by atoms with E-state index in [0.29, 0.717) is 18.6 Å². The molecule has 1 aromatic rings. The Morgan fingerprint density at radius 1 is 1.19 bits per heavy atom. The molecule has 2 unspecified atom stereocenters. The van der Waals surface area contributed by atoms with Gasteiger partial charge in [0, 0.05) is 18.6 Å². The fourth-order valence-corrected chi connectivity index (χ4v) is 3.26. The Morgan fingerprint density at radius 2 is 1.90 bits per heavy atom. The van der Waals surface area contributed by atoms with Crippen LogP contribution in [0.3, 0.4) is 0 Å². The molecule has 0 aromatic heterocycles. The number of hydrogen-bond acceptors (Lipinski definition) is 3. The Morgan fingerprint density at radius 3 is 2.52 bits per heavy atom. The van der Waals surface area contributed by atoms with E-state index in [-0.39, 0.29) is 6.10 Å². The quantitative estimate of drug-likeness (QED) is 0.898. The summed E-state index contributed by atoms with van der Waals surface area (Å²) in [7, 11) is 0. The minimum Gasteiger partial charge on any atom is -0.491 e. The topological polar surface area (TPSA) is 38.5 Å². The molecule has 0 amide bonds. The Hall–Kier alpha value is -1.06. The molecule has 118 valence electrons. The van der Waals surface area contributed by atoms with Gasteiger partial charge in [0.15, 0.2) is 0 Å². The third-order valence-corrected chi connectivity index (χ3v) is 4.36. The van der Waals surface area contributed by atoms with Crippen LogP contribution in [-0.2, 0) is 0 Å². The molecule has 1 heterocycles. The first-order valence-electron chi connectivity index (χ1n) is 8.34. The molecule has 1 saturated heterocycles. The molecule has 1 aliphatic heterocycles. The standard InChI is InChI=1S/C18H30N2O/c1-14(2)21-17-10-8-16(9-11-17)18(13-19)20-12-6-4-5-7-15(20)3/h8-11,14-15,18H,4-7,12-13,19H2,1-3H3. The largest absolute Gasteiger partial charge is 0.491 e. The van der Waals surface area contributed by atoms with E-state index in [4.69, 9.17) is 10.5 Å².